The van der Waals surface area contributed by atoms with Crippen molar-refractivity contribution in [1.82, 2.24) is 19.4 Å². The average Bonchev–Trinajstić information content (AvgIpc) is 3.43. The van der Waals surface area contributed by atoms with Gasteiger partial charge in [0.25, 0.3) is 5.91 Å². The molecule has 1 N–H and O–H groups in total. The molecule has 0 atom stereocenters. The van der Waals surface area contributed by atoms with Crippen LogP contribution in [0.3, 0.4) is 0 Å². The van der Waals surface area contributed by atoms with Gasteiger partial charge >= 0.3 is 6.03 Å². The minimum atomic E-state index is -3.83. The van der Waals surface area contributed by atoms with E-state index in [4.69, 9.17) is 23.2 Å². The molecule has 0 bridgehead atoms. The number of amides is 3. The van der Waals surface area contributed by atoms with Crippen molar-refractivity contribution in [3.63, 3.8) is 0 Å². The van der Waals surface area contributed by atoms with E-state index in [9.17, 15) is 18.0 Å². The second kappa shape index (κ2) is 8.06. The number of benzene rings is 1. The lowest BCUT2D eigenvalue weighted by Gasteiger charge is -2.36. The van der Waals surface area contributed by atoms with Crippen molar-refractivity contribution >= 4 is 45.2 Å². The van der Waals surface area contributed by atoms with Crippen LogP contribution in [-0.4, -0.2) is 81.4 Å². The number of carbonyl (C=O) groups excluding carboxylic acids is 2. The zero-order chi connectivity index (χ0) is 20.6. The number of nitrogens with zero attached hydrogens (tertiary/aromatic N) is 3. The highest BCUT2D eigenvalue weighted by molar-refractivity contribution is 7.89. The molecule has 3 amide bonds. The molecule has 2 fully saturated rings. The third kappa shape index (κ3) is 4.53. The summed E-state index contributed by atoms with van der Waals surface area (Å²) in [7, 11) is -0.487. The molecule has 0 radical (unpaired) electrons. The molecule has 154 valence electrons. The molecule has 1 saturated heterocycles. The summed E-state index contributed by atoms with van der Waals surface area (Å²) in [6.45, 7) is 1.45. The van der Waals surface area contributed by atoms with Crippen molar-refractivity contribution in [2.24, 2.45) is 0 Å². The zero-order valence-electron chi connectivity index (χ0n) is 15.6. The number of hydrogen-bond acceptors (Lipinski definition) is 4. The second-order valence-corrected chi connectivity index (χ2v) is 9.61. The molecular weight excluding hydrogens is 427 g/mol. The van der Waals surface area contributed by atoms with Gasteiger partial charge in [0.2, 0.25) is 10.0 Å². The number of urea groups is 1. The van der Waals surface area contributed by atoms with Crippen molar-refractivity contribution in [1.29, 1.82) is 0 Å². The third-order valence-electron chi connectivity index (χ3n) is 4.66. The molecule has 1 aliphatic heterocycles. The summed E-state index contributed by atoms with van der Waals surface area (Å²) >= 11 is 12.3. The van der Waals surface area contributed by atoms with Crippen LogP contribution in [0.1, 0.15) is 23.2 Å². The quantitative estimate of drug-likeness (QED) is 0.760. The number of nitrogens with one attached hydrogen (secondary N) is 1. The fourth-order valence-corrected chi connectivity index (χ4v) is 5.10. The van der Waals surface area contributed by atoms with E-state index in [2.05, 4.69) is 4.72 Å². The first-order chi connectivity index (χ1) is 13.1. The topological polar surface area (TPSA) is 90.0 Å². The van der Waals surface area contributed by atoms with Crippen LogP contribution in [0.5, 0.6) is 0 Å². The molecule has 3 rings (SSSR count). The smallest absolute Gasteiger partial charge is 0.319 e. The standard InChI is InChI=1S/C17H22Cl2N4O4S/c1-21(2)17(25)23-7-5-22(6-8-23)16(24)12-9-15(14(19)10-13(12)18)28(26,27)20-11-3-4-11/h9-11,20H,3-8H2,1-2H3. The molecule has 1 saturated carbocycles. The van der Waals surface area contributed by atoms with Gasteiger partial charge < -0.3 is 14.7 Å². The Morgan fingerprint density at radius 3 is 2.14 bits per heavy atom. The van der Waals surface area contributed by atoms with Crippen molar-refractivity contribution in [2.75, 3.05) is 40.3 Å². The van der Waals surface area contributed by atoms with Gasteiger partial charge in [-0.3, -0.25) is 4.79 Å². The summed E-state index contributed by atoms with van der Waals surface area (Å²) in [5, 5.41) is 0.0586. The van der Waals surface area contributed by atoms with Gasteiger partial charge in [-0.15, -0.1) is 0 Å². The summed E-state index contributed by atoms with van der Waals surface area (Å²) in [5.41, 5.74) is 0.0784. The van der Waals surface area contributed by atoms with Crippen LogP contribution in [0, 0.1) is 0 Å². The molecule has 1 heterocycles. The van der Waals surface area contributed by atoms with E-state index >= 15 is 0 Å². The number of sulfonamides is 1. The number of hydrogen-bond donors (Lipinski definition) is 1. The lowest BCUT2D eigenvalue weighted by molar-refractivity contribution is 0.0650. The summed E-state index contributed by atoms with van der Waals surface area (Å²) in [4.78, 5) is 29.5. The van der Waals surface area contributed by atoms with E-state index in [1.807, 2.05) is 0 Å². The predicted molar refractivity (Wildman–Crippen MR) is 106 cm³/mol. The number of piperazine rings is 1. The lowest BCUT2D eigenvalue weighted by atomic mass is 10.1. The molecule has 1 aromatic rings. The van der Waals surface area contributed by atoms with Crippen LogP contribution < -0.4 is 4.72 Å². The largest absolute Gasteiger partial charge is 0.335 e. The van der Waals surface area contributed by atoms with E-state index in [1.54, 1.807) is 23.9 Å². The maximum Gasteiger partial charge on any atom is 0.319 e. The summed E-state index contributed by atoms with van der Waals surface area (Å²) in [6.07, 6.45) is 1.57. The zero-order valence-corrected chi connectivity index (χ0v) is 17.9. The van der Waals surface area contributed by atoms with Gasteiger partial charge in [0.1, 0.15) is 4.90 Å². The highest BCUT2D eigenvalue weighted by atomic mass is 35.5. The SMILES string of the molecule is CN(C)C(=O)N1CCN(C(=O)c2cc(S(=O)(=O)NC3CC3)c(Cl)cc2Cl)CC1. The van der Waals surface area contributed by atoms with Crippen LogP contribution >= 0.6 is 23.2 Å². The molecule has 0 aromatic heterocycles. The maximum atomic E-state index is 12.9. The molecular formula is C17H22Cl2N4O4S. The van der Waals surface area contributed by atoms with Gasteiger partial charge in [-0.2, -0.15) is 0 Å². The minimum Gasteiger partial charge on any atom is -0.335 e. The van der Waals surface area contributed by atoms with Gasteiger partial charge in [0, 0.05) is 46.3 Å². The Morgan fingerprint density at radius 2 is 1.61 bits per heavy atom. The third-order valence-corrected chi connectivity index (χ3v) is 6.96. The van der Waals surface area contributed by atoms with Gasteiger partial charge in [-0.1, -0.05) is 23.2 Å². The molecule has 0 unspecified atom stereocenters. The monoisotopic (exact) mass is 448 g/mol. The minimum absolute atomic E-state index is 0.0314. The molecule has 1 aliphatic carbocycles. The van der Waals surface area contributed by atoms with Crippen LogP contribution in [-0.2, 0) is 10.0 Å². The Kier molecular flexibility index (Phi) is 6.09. The van der Waals surface area contributed by atoms with Crippen LogP contribution in [0.4, 0.5) is 4.79 Å². The Morgan fingerprint density at radius 1 is 1.04 bits per heavy atom. The highest BCUT2D eigenvalue weighted by Gasteiger charge is 2.32. The first-order valence-corrected chi connectivity index (χ1v) is 11.1. The van der Waals surface area contributed by atoms with Crippen molar-refractivity contribution in [2.45, 2.75) is 23.8 Å². The Labute approximate surface area is 174 Å². The summed E-state index contributed by atoms with van der Waals surface area (Å²) in [6, 6.07) is 2.31. The van der Waals surface area contributed by atoms with Gasteiger partial charge in [-0.05, 0) is 25.0 Å². The van der Waals surface area contributed by atoms with E-state index in [0.717, 1.165) is 12.8 Å². The van der Waals surface area contributed by atoms with E-state index in [-0.39, 0.29) is 38.5 Å². The van der Waals surface area contributed by atoms with E-state index < -0.39 is 10.0 Å². The molecule has 28 heavy (non-hydrogen) atoms. The van der Waals surface area contributed by atoms with E-state index in [0.29, 0.717) is 26.2 Å². The molecule has 0 spiro atoms. The Hall–Kier alpha value is -1.55. The first-order valence-electron chi connectivity index (χ1n) is 8.87. The van der Waals surface area contributed by atoms with Crippen molar-refractivity contribution in [3.05, 3.63) is 27.7 Å². The van der Waals surface area contributed by atoms with Crippen LogP contribution in [0.25, 0.3) is 0 Å². The van der Waals surface area contributed by atoms with Gasteiger partial charge in [0.15, 0.2) is 0 Å². The number of rotatable bonds is 4. The molecule has 11 heteroatoms. The highest BCUT2D eigenvalue weighted by Crippen LogP contribution is 2.31. The van der Waals surface area contributed by atoms with E-state index in [1.165, 1.54) is 17.0 Å². The van der Waals surface area contributed by atoms with Crippen molar-refractivity contribution < 1.29 is 18.0 Å². The van der Waals surface area contributed by atoms with Gasteiger partial charge in [-0.25, -0.2) is 17.9 Å². The summed E-state index contributed by atoms with van der Waals surface area (Å²) in [5.74, 6) is -0.388. The molecule has 8 nitrogen and oxygen atoms in total. The molecule has 2 aliphatic rings. The fraction of sp³-hybridized carbons (Fsp3) is 0.529. The van der Waals surface area contributed by atoms with Crippen LogP contribution in [0.15, 0.2) is 17.0 Å². The number of halogens is 2. The van der Waals surface area contributed by atoms with Crippen molar-refractivity contribution in [3.8, 4) is 0 Å². The average molecular weight is 449 g/mol. The second-order valence-electron chi connectivity index (χ2n) is 7.11. The fourth-order valence-electron chi connectivity index (χ4n) is 2.94. The Balaban J connectivity index is 1.79. The van der Waals surface area contributed by atoms with Crippen LogP contribution in [0.2, 0.25) is 10.0 Å². The summed E-state index contributed by atoms with van der Waals surface area (Å²) < 4.78 is 27.6. The lowest BCUT2D eigenvalue weighted by Crippen LogP contribution is -2.52. The number of carbonyl (C=O) groups is 2. The normalized spacial score (nSPS) is 17.6. The predicted octanol–water partition coefficient (Wildman–Crippen LogP) is 1.87. The molecule has 1 aromatic carbocycles. The maximum absolute atomic E-state index is 12.9. The Bertz CT molecular complexity index is 895. The first kappa shape index (κ1) is 21.2. The van der Waals surface area contributed by atoms with Gasteiger partial charge in [0.05, 0.1) is 15.6 Å².